The first-order valence-corrected chi connectivity index (χ1v) is 9.53. The molecule has 0 saturated carbocycles. The summed E-state index contributed by atoms with van der Waals surface area (Å²) in [6.45, 7) is 0.265. The van der Waals surface area contributed by atoms with E-state index < -0.39 is 0 Å². The van der Waals surface area contributed by atoms with Crippen LogP contribution in [0.3, 0.4) is 0 Å². The summed E-state index contributed by atoms with van der Waals surface area (Å²) >= 11 is 7.09. The molecule has 3 heterocycles. The van der Waals surface area contributed by atoms with Gasteiger partial charge in [-0.2, -0.15) is 0 Å². The van der Waals surface area contributed by atoms with E-state index in [0.717, 1.165) is 17.1 Å². The second kappa shape index (κ2) is 7.79. The molecule has 0 atom stereocenters. The lowest BCUT2D eigenvalue weighted by Gasteiger charge is -2.09. The van der Waals surface area contributed by atoms with Gasteiger partial charge in [-0.1, -0.05) is 22.9 Å². The molecule has 0 bridgehead atoms. The van der Waals surface area contributed by atoms with Gasteiger partial charge in [-0.25, -0.2) is 4.68 Å². The summed E-state index contributed by atoms with van der Waals surface area (Å²) in [5.41, 5.74) is 2.14. The van der Waals surface area contributed by atoms with Crippen LogP contribution in [-0.4, -0.2) is 25.5 Å². The van der Waals surface area contributed by atoms with Crippen molar-refractivity contribution in [3.8, 4) is 11.4 Å². The molecule has 4 rings (SSSR count). The first-order valence-electron chi connectivity index (χ1n) is 8.33. The van der Waals surface area contributed by atoms with E-state index in [2.05, 4.69) is 15.6 Å². The Kier molecular flexibility index (Phi) is 5.05. The van der Waals surface area contributed by atoms with Crippen LogP contribution in [-0.2, 0) is 6.54 Å². The molecule has 1 N–H and O–H groups in total. The minimum atomic E-state index is -0.205. The highest BCUT2D eigenvalue weighted by atomic mass is 35.5. The minimum Gasteiger partial charge on any atom is -0.346 e. The number of pyridine rings is 1. The van der Waals surface area contributed by atoms with Crippen molar-refractivity contribution in [2.45, 2.75) is 6.54 Å². The van der Waals surface area contributed by atoms with Crippen molar-refractivity contribution >= 4 is 28.8 Å². The molecule has 1 aromatic carbocycles. The zero-order chi connectivity index (χ0) is 19.5. The van der Waals surface area contributed by atoms with Crippen LogP contribution in [0, 0.1) is 0 Å². The van der Waals surface area contributed by atoms with Gasteiger partial charge in [0.1, 0.15) is 0 Å². The number of hydrogen-bond acceptors (Lipinski definition) is 5. The number of carbonyl (C=O) groups excluding carboxylic acids is 1. The lowest BCUT2D eigenvalue weighted by Crippen LogP contribution is -2.23. The maximum atomic E-state index is 12.2. The molecular weight excluding hydrogens is 398 g/mol. The van der Waals surface area contributed by atoms with Crippen molar-refractivity contribution in [1.82, 2.24) is 24.9 Å². The molecule has 0 fully saturated rings. The first kappa shape index (κ1) is 18.1. The Hall–Kier alpha value is -3.23. The van der Waals surface area contributed by atoms with E-state index in [0.29, 0.717) is 9.21 Å². The fourth-order valence-corrected chi connectivity index (χ4v) is 3.64. The number of amides is 1. The second-order valence-electron chi connectivity index (χ2n) is 5.85. The quantitative estimate of drug-likeness (QED) is 0.547. The van der Waals surface area contributed by atoms with Gasteiger partial charge < -0.3 is 5.32 Å². The van der Waals surface area contributed by atoms with Gasteiger partial charge in [-0.15, -0.1) is 16.4 Å². The third kappa shape index (κ3) is 3.73. The molecule has 0 aliphatic rings. The van der Waals surface area contributed by atoms with Gasteiger partial charge in [0, 0.05) is 18.0 Å². The Morgan fingerprint density at radius 3 is 2.57 bits per heavy atom. The summed E-state index contributed by atoms with van der Waals surface area (Å²) in [7, 11) is 0. The number of rotatable bonds is 5. The van der Waals surface area contributed by atoms with Crippen molar-refractivity contribution in [1.29, 1.82) is 0 Å². The lowest BCUT2D eigenvalue weighted by atomic mass is 10.2. The molecule has 28 heavy (non-hydrogen) atoms. The Labute approximate surface area is 168 Å². The molecule has 0 aliphatic carbocycles. The molecular formula is C19H14ClN5O2S. The van der Waals surface area contributed by atoms with Crippen LogP contribution in [0.5, 0.6) is 0 Å². The number of carbonyl (C=O) groups is 1. The van der Waals surface area contributed by atoms with Crippen molar-refractivity contribution in [2.24, 2.45) is 0 Å². The fourth-order valence-electron chi connectivity index (χ4n) is 2.68. The summed E-state index contributed by atoms with van der Waals surface area (Å²) in [5, 5.41) is 10.9. The highest BCUT2D eigenvalue weighted by molar-refractivity contribution is 7.17. The zero-order valence-corrected chi connectivity index (χ0v) is 16.0. The Bertz CT molecular complexity index is 1180. The third-order valence-electron chi connectivity index (χ3n) is 4.04. The monoisotopic (exact) mass is 411 g/mol. The average Bonchev–Trinajstić information content (AvgIpc) is 3.36. The van der Waals surface area contributed by atoms with E-state index in [9.17, 15) is 9.59 Å². The maximum Gasteiger partial charge on any atom is 0.261 e. The third-order valence-corrected chi connectivity index (χ3v) is 5.27. The molecule has 0 aliphatic heterocycles. The summed E-state index contributed by atoms with van der Waals surface area (Å²) in [5.74, 6) is -0.205. The highest BCUT2D eigenvalue weighted by Gasteiger charge is 2.11. The number of nitrogens with zero attached hydrogens (tertiary/aromatic N) is 4. The highest BCUT2D eigenvalue weighted by Crippen LogP contribution is 2.21. The number of hydrogen-bond donors (Lipinski definition) is 1. The van der Waals surface area contributed by atoms with Gasteiger partial charge in [0.2, 0.25) is 0 Å². The largest absolute Gasteiger partial charge is 0.346 e. The van der Waals surface area contributed by atoms with Gasteiger partial charge >= 0.3 is 0 Å². The Morgan fingerprint density at radius 2 is 1.86 bits per heavy atom. The molecule has 0 radical (unpaired) electrons. The molecule has 1 amide bonds. The number of halogens is 1. The molecule has 0 spiro atoms. The summed E-state index contributed by atoms with van der Waals surface area (Å²) in [6, 6.07) is 15.7. The number of nitrogens with one attached hydrogen (secondary N) is 1. The Balaban J connectivity index is 1.51. The van der Waals surface area contributed by atoms with Gasteiger partial charge in [-0.3, -0.25) is 14.2 Å². The van der Waals surface area contributed by atoms with E-state index in [4.69, 9.17) is 11.6 Å². The van der Waals surface area contributed by atoms with Crippen LogP contribution in [0.2, 0.25) is 4.34 Å². The van der Waals surface area contributed by atoms with Crippen LogP contribution < -0.4 is 10.9 Å². The van der Waals surface area contributed by atoms with Gasteiger partial charge in [0.15, 0.2) is 0 Å². The second-order valence-corrected chi connectivity index (χ2v) is 7.56. The standard InChI is InChI=1S/C19H14ClN5O2S/c20-17-9-8-16(28-17)19(27)21-11-15-12-22-23-25(15)14-6-4-13(5-7-14)24-10-2-1-3-18(24)26/h1-10,12H,11H2,(H,21,27). The zero-order valence-electron chi connectivity index (χ0n) is 14.4. The molecule has 7 nitrogen and oxygen atoms in total. The van der Waals surface area contributed by atoms with Crippen molar-refractivity contribution < 1.29 is 4.79 Å². The van der Waals surface area contributed by atoms with E-state index >= 15 is 0 Å². The molecule has 0 saturated heterocycles. The van der Waals surface area contributed by atoms with Crippen molar-refractivity contribution in [2.75, 3.05) is 0 Å². The normalized spacial score (nSPS) is 10.8. The predicted molar refractivity (Wildman–Crippen MR) is 107 cm³/mol. The van der Waals surface area contributed by atoms with Crippen molar-refractivity contribution in [3.63, 3.8) is 0 Å². The number of aromatic nitrogens is 4. The molecule has 9 heteroatoms. The fraction of sp³-hybridized carbons (Fsp3) is 0.0526. The summed E-state index contributed by atoms with van der Waals surface area (Å²) in [6.07, 6.45) is 3.31. The lowest BCUT2D eigenvalue weighted by molar-refractivity contribution is 0.0954. The van der Waals surface area contributed by atoms with Crippen LogP contribution >= 0.6 is 22.9 Å². The van der Waals surface area contributed by atoms with E-state index in [1.807, 2.05) is 24.3 Å². The Morgan fingerprint density at radius 1 is 1.07 bits per heavy atom. The van der Waals surface area contributed by atoms with Gasteiger partial charge in [0.25, 0.3) is 11.5 Å². The average molecular weight is 412 g/mol. The topological polar surface area (TPSA) is 81.8 Å². The molecule has 0 unspecified atom stereocenters. The molecule has 4 aromatic rings. The summed E-state index contributed by atoms with van der Waals surface area (Å²) in [4.78, 5) is 24.7. The maximum absolute atomic E-state index is 12.2. The predicted octanol–water partition coefficient (Wildman–Crippen LogP) is 3.06. The molecule has 140 valence electrons. The van der Waals surface area contributed by atoms with Crippen LogP contribution in [0.1, 0.15) is 15.4 Å². The van der Waals surface area contributed by atoms with Crippen LogP contribution in [0.25, 0.3) is 11.4 Å². The summed E-state index contributed by atoms with van der Waals surface area (Å²) < 4.78 is 3.76. The first-order chi connectivity index (χ1) is 13.6. The van der Waals surface area contributed by atoms with Crippen LogP contribution in [0.4, 0.5) is 0 Å². The molecule has 3 aromatic heterocycles. The smallest absolute Gasteiger partial charge is 0.261 e. The van der Waals surface area contributed by atoms with E-state index in [-0.39, 0.29) is 18.0 Å². The van der Waals surface area contributed by atoms with E-state index in [1.165, 1.54) is 17.4 Å². The number of benzene rings is 1. The van der Waals surface area contributed by atoms with Gasteiger partial charge in [-0.05, 0) is 42.5 Å². The van der Waals surface area contributed by atoms with Gasteiger partial charge in [0.05, 0.1) is 33.3 Å². The SMILES string of the molecule is O=C(NCc1cnnn1-c1ccc(-n2ccccc2=O)cc1)c1ccc(Cl)s1. The van der Waals surface area contributed by atoms with E-state index in [1.54, 1.807) is 45.9 Å². The number of thiophene rings is 1. The van der Waals surface area contributed by atoms with Crippen LogP contribution in [0.15, 0.2) is 71.8 Å². The minimum absolute atomic E-state index is 0.104. The van der Waals surface area contributed by atoms with Crippen molar-refractivity contribution in [3.05, 3.63) is 92.3 Å².